The first-order valence-electron chi connectivity index (χ1n) is 5.24. The Labute approximate surface area is 94.8 Å². The van der Waals surface area contributed by atoms with Gasteiger partial charge in [0.2, 0.25) is 0 Å². The van der Waals surface area contributed by atoms with E-state index in [-0.39, 0.29) is 6.10 Å². The average Bonchev–Trinajstić information content (AvgIpc) is 2.15. The molecule has 0 amide bonds. The molecule has 0 radical (unpaired) electrons. The van der Waals surface area contributed by atoms with Crippen LogP contribution in [0.3, 0.4) is 0 Å². The largest absolute Gasteiger partial charge is 0.385 e. The standard InChI is InChI=1S/C12H15ClO2/c1-2-15-11-7-12(14,8-11)9-4-3-5-10(13)6-9/h3-6,11,14H,2,7-8H2,1H3. The van der Waals surface area contributed by atoms with Crippen LogP contribution >= 0.6 is 11.6 Å². The Morgan fingerprint density at radius 2 is 2.27 bits per heavy atom. The molecular formula is C12H15ClO2. The van der Waals surface area contributed by atoms with Crippen molar-refractivity contribution in [3.8, 4) is 0 Å². The highest BCUT2D eigenvalue weighted by atomic mass is 35.5. The molecular weight excluding hydrogens is 212 g/mol. The molecule has 0 spiro atoms. The molecule has 0 unspecified atom stereocenters. The second kappa shape index (κ2) is 4.12. The van der Waals surface area contributed by atoms with E-state index in [0.29, 0.717) is 24.5 Å². The summed E-state index contributed by atoms with van der Waals surface area (Å²) in [7, 11) is 0. The van der Waals surface area contributed by atoms with E-state index in [2.05, 4.69) is 0 Å². The maximum absolute atomic E-state index is 10.3. The predicted molar refractivity (Wildman–Crippen MR) is 60.0 cm³/mol. The number of ether oxygens (including phenoxy) is 1. The zero-order valence-electron chi connectivity index (χ0n) is 8.74. The van der Waals surface area contributed by atoms with Crippen LogP contribution in [0.15, 0.2) is 24.3 Å². The van der Waals surface area contributed by atoms with Crippen molar-refractivity contribution in [2.24, 2.45) is 0 Å². The third-order valence-electron chi connectivity index (χ3n) is 2.90. The molecule has 2 nitrogen and oxygen atoms in total. The van der Waals surface area contributed by atoms with Crippen LogP contribution in [0.25, 0.3) is 0 Å². The number of hydrogen-bond acceptors (Lipinski definition) is 2. The van der Waals surface area contributed by atoms with Gasteiger partial charge < -0.3 is 9.84 Å². The Morgan fingerprint density at radius 1 is 1.53 bits per heavy atom. The highest BCUT2D eigenvalue weighted by Crippen LogP contribution is 2.43. The van der Waals surface area contributed by atoms with Gasteiger partial charge in [0.25, 0.3) is 0 Å². The van der Waals surface area contributed by atoms with Gasteiger partial charge in [0.05, 0.1) is 11.7 Å². The van der Waals surface area contributed by atoms with Gasteiger partial charge in [-0.15, -0.1) is 0 Å². The molecule has 0 saturated heterocycles. The van der Waals surface area contributed by atoms with Crippen molar-refractivity contribution >= 4 is 11.6 Å². The maximum Gasteiger partial charge on any atom is 0.0946 e. The molecule has 1 saturated carbocycles. The minimum atomic E-state index is -0.731. The lowest BCUT2D eigenvalue weighted by atomic mass is 9.73. The summed E-state index contributed by atoms with van der Waals surface area (Å²) in [6.07, 6.45) is 1.53. The first kappa shape index (κ1) is 10.9. The van der Waals surface area contributed by atoms with Gasteiger partial charge in [-0.3, -0.25) is 0 Å². The number of rotatable bonds is 3. The average molecular weight is 227 g/mol. The zero-order chi connectivity index (χ0) is 10.9. The Kier molecular flexibility index (Phi) is 3.01. The van der Waals surface area contributed by atoms with Gasteiger partial charge in [0.15, 0.2) is 0 Å². The van der Waals surface area contributed by atoms with E-state index < -0.39 is 5.60 Å². The molecule has 1 aromatic rings. The van der Waals surface area contributed by atoms with Gasteiger partial charge in [0.1, 0.15) is 0 Å². The molecule has 2 rings (SSSR count). The van der Waals surface area contributed by atoms with Gasteiger partial charge in [0, 0.05) is 24.5 Å². The summed E-state index contributed by atoms with van der Waals surface area (Å²) in [5.41, 5.74) is 0.163. The van der Waals surface area contributed by atoms with E-state index in [0.717, 1.165) is 5.56 Å². The Morgan fingerprint density at radius 3 is 2.87 bits per heavy atom. The molecule has 0 aromatic heterocycles. The van der Waals surface area contributed by atoms with Gasteiger partial charge >= 0.3 is 0 Å². The topological polar surface area (TPSA) is 29.5 Å². The van der Waals surface area contributed by atoms with Crippen LogP contribution in [0.1, 0.15) is 25.3 Å². The molecule has 3 heteroatoms. The summed E-state index contributed by atoms with van der Waals surface area (Å²) < 4.78 is 5.43. The van der Waals surface area contributed by atoms with Crippen LogP contribution < -0.4 is 0 Å². The normalized spacial score (nSPS) is 29.9. The quantitative estimate of drug-likeness (QED) is 0.859. The van der Waals surface area contributed by atoms with Crippen molar-refractivity contribution in [2.45, 2.75) is 31.5 Å². The van der Waals surface area contributed by atoms with Crippen LogP contribution in [0.2, 0.25) is 5.02 Å². The second-order valence-corrected chi connectivity index (χ2v) is 4.46. The molecule has 1 fully saturated rings. The summed E-state index contributed by atoms with van der Waals surface area (Å²) >= 11 is 5.89. The number of benzene rings is 1. The van der Waals surface area contributed by atoms with Gasteiger partial charge in [-0.1, -0.05) is 23.7 Å². The van der Waals surface area contributed by atoms with Crippen LogP contribution in [0, 0.1) is 0 Å². The number of halogens is 1. The summed E-state index contributed by atoms with van der Waals surface area (Å²) in [5, 5.41) is 10.9. The second-order valence-electron chi connectivity index (χ2n) is 4.03. The smallest absolute Gasteiger partial charge is 0.0946 e. The third kappa shape index (κ3) is 2.17. The van der Waals surface area contributed by atoms with Crippen LogP contribution in [-0.4, -0.2) is 17.8 Å². The molecule has 0 bridgehead atoms. The van der Waals surface area contributed by atoms with Crippen molar-refractivity contribution in [3.63, 3.8) is 0 Å². The Bertz CT molecular complexity index is 345. The molecule has 0 aliphatic heterocycles. The predicted octanol–water partition coefficient (Wildman–Crippen LogP) is 2.73. The molecule has 0 atom stereocenters. The van der Waals surface area contributed by atoms with Crippen LogP contribution in [0.4, 0.5) is 0 Å². The van der Waals surface area contributed by atoms with E-state index in [1.807, 2.05) is 31.2 Å². The van der Waals surface area contributed by atoms with E-state index in [1.165, 1.54) is 0 Å². The molecule has 1 N–H and O–H groups in total. The van der Waals surface area contributed by atoms with Crippen molar-refractivity contribution in [3.05, 3.63) is 34.9 Å². The summed E-state index contributed by atoms with van der Waals surface area (Å²) in [4.78, 5) is 0. The molecule has 15 heavy (non-hydrogen) atoms. The molecule has 0 heterocycles. The van der Waals surface area contributed by atoms with Gasteiger partial charge in [-0.25, -0.2) is 0 Å². The molecule has 1 aliphatic carbocycles. The van der Waals surface area contributed by atoms with E-state index in [4.69, 9.17) is 16.3 Å². The number of aliphatic hydroxyl groups is 1. The van der Waals surface area contributed by atoms with Crippen LogP contribution in [-0.2, 0) is 10.3 Å². The van der Waals surface area contributed by atoms with Crippen molar-refractivity contribution in [1.29, 1.82) is 0 Å². The zero-order valence-corrected chi connectivity index (χ0v) is 9.50. The third-order valence-corrected chi connectivity index (χ3v) is 3.13. The van der Waals surface area contributed by atoms with E-state index >= 15 is 0 Å². The lowest BCUT2D eigenvalue weighted by Crippen LogP contribution is -2.45. The molecule has 82 valence electrons. The van der Waals surface area contributed by atoms with Crippen LogP contribution in [0.5, 0.6) is 0 Å². The fourth-order valence-corrected chi connectivity index (χ4v) is 2.25. The summed E-state index contributed by atoms with van der Waals surface area (Å²) in [6, 6.07) is 7.41. The minimum absolute atomic E-state index is 0.194. The summed E-state index contributed by atoms with van der Waals surface area (Å²) in [5.74, 6) is 0. The van der Waals surface area contributed by atoms with Gasteiger partial charge in [-0.05, 0) is 24.6 Å². The SMILES string of the molecule is CCOC1CC(O)(c2cccc(Cl)c2)C1. The van der Waals surface area contributed by atoms with Crippen molar-refractivity contribution < 1.29 is 9.84 Å². The van der Waals surface area contributed by atoms with Gasteiger partial charge in [-0.2, -0.15) is 0 Å². The Hall–Kier alpha value is -0.570. The highest BCUT2D eigenvalue weighted by molar-refractivity contribution is 6.30. The fourth-order valence-electron chi connectivity index (χ4n) is 2.06. The van der Waals surface area contributed by atoms with Crippen molar-refractivity contribution in [1.82, 2.24) is 0 Å². The molecule has 1 aromatic carbocycles. The monoisotopic (exact) mass is 226 g/mol. The molecule has 1 aliphatic rings. The fraction of sp³-hybridized carbons (Fsp3) is 0.500. The first-order valence-corrected chi connectivity index (χ1v) is 5.62. The minimum Gasteiger partial charge on any atom is -0.385 e. The lowest BCUT2D eigenvalue weighted by Gasteiger charge is -2.43. The van der Waals surface area contributed by atoms with E-state index in [1.54, 1.807) is 0 Å². The Balaban J connectivity index is 2.06. The maximum atomic E-state index is 10.3. The first-order chi connectivity index (χ1) is 7.14. The van der Waals surface area contributed by atoms with Crippen molar-refractivity contribution in [2.75, 3.05) is 6.61 Å². The summed E-state index contributed by atoms with van der Waals surface area (Å²) in [6.45, 7) is 2.67. The van der Waals surface area contributed by atoms with E-state index in [9.17, 15) is 5.11 Å². The lowest BCUT2D eigenvalue weighted by molar-refractivity contribution is -0.142. The highest BCUT2D eigenvalue weighted by Gasteiger charge is 2.44. The number of hydrogen-bond donors (Lipinski definition) is 1.